The topological polar surface area (TPSA) is 0 Å². The lowest BCUT2D eigenvalue weighted by Crippen LogP contribution is -2.28. The molecule has 1 saturated carbocycles. The summed E-state index contributed by atoms with van der Waals surface area (Å²) >= 11 is 0. The van der Waals surface area contributed by atoms with Gasteiger partial charge in [-0.05, 0) is 91.2 Å². The molecule has 2 aliphatic carbocycles. The lowest BCUT2D eigenvalue weighted by molar-refractivity contribution is 0.234. The molecule has 0 saturated heterocycles. The van der Waals surface area contributed by atoms with Crippen LogP contribution in [0, 0.1) is 29.3 Å². The van der Waals surface area contributed by atoms with Crippen molar-refractivity contribution in [1.29, 1.82) is 0 Å². The molecule has 0 spiro atoms. The summed E-state index contributed by atoms with van der Waals surface area (Å²) < 4.78 is 43.3. The Kier molecular flexibility index (Phi) is 5.12. The quantitative estimate of drug-likeness (QED) is 0.502. The van der Waals surface area contributed by atoms with Crippen LogP contribution in [0.3, 0.4) is 0 Å². The summed E-state index contributed by atoms with van der Waals surface area (Å²) in [7, 11) is 0. The molecule has 1 fully saturated rings. The van der Waals surface area contributed by atoms with Crippen LogP contribution in [0.25, 0.3) is 11.1 Å². The highest BCUT2D eigenvalue weighted by Crippen LogP contribution is 2.49. The maximum Gasteiger partial charge on any atom is 0.137 e. The molecular formula is C24H25F3. The molecule has 2 aromatic rings. The van der Waals surface area contributed by atoms with Gasteiger partial charge in [0, 0.05) is 0 Å². The minimum Gasteiger partial charge on any atom is -0.207 e. The van der Waals surface area contributed by atoms with Crippen LogP contribution in [-0.4, -0.2) is 0 Å². The Morgan fingerprint density at radius 2 is 1.81 bits per heavy atom. The van der Waals surface area contributed by atoms with Crippen LogP contribution in [-0.2, 0) is 6.42 Å². The predicted molar refractivity (Wildman–Crippen MR) is 103 cm³/mol. The van der Waals surface area contributed by atoms with Crippen LogP contribution < -0.4 is 0 Å². The minimum absolute atomic E-state index is 0.0215. The van der Waals surface area contributed by atoms with E-state index >= 15 is 4.39 Å². The third-order valence-electron chi connectivity index (χ3n) is 6.32. The largest absolute Gasteiger partial charge is 0.207 e. The van der Waals surface area contributed by atoms with Crippen molar-refractivity contribution in [3.05, 3.63) is 71.1 Å². The zero-order valence-electron chi connectivity index (χ0n) is 15.7. The Morgan fingerprint density at radius 3 is 2.56 bits per heavy atom. The second kappa shape index (κ2) is 7.53. The van der Waals surface area contributed by atoms with Gasteiger partial charge in [-0.1, -0.05) is 31.2 Å². The van der Waals surface area contributed by atoms with E-state index in [0.717, 1.165) is 37.7 Å². The first-order chi connectivity index (χ1) is 13.1. The molecule has 142 valence electrons. The number of benzene rings is 2. The Morgan fingerprint density at radius 1 is 1.04 bits per heavy atom. The molecule has 0 N–H and O–H groups in total. The van der Waals surface area contributed by atoms with Crippen molar-refractivity contribution >= 4 is 0 Å². The highest BCUT2D eigenvalue weighted by Gasteiger charge is 2.37. The summed E-state index contributed by atoms with van der Waals surface area (Å²) in [6, 6.07) is 6.93. The summed E-state index contributed by atoms with van der Waals surface area (Å²) in [5, 5.41) is 0. The zero-order valence-corrected chi connectivity index (χ0v) is 15.7. The number of fused-ring (bicyclic) bond motifs is 3. The molecule has 0 aromatic heterocycles. The zero-order chi connectivity index (χ0) is 19.0. The van der Waals surface area contributed by atoms with Crippen LogP contribution in [0.5, 0.6) is 0 Å². The average Bonchev–Trinajstić information content (AvgIpc) is 2.67. The molecule has 0 nitrogen and oxygen atoms in total. The highest BCUT2D eigenvalue weighted by molar-refractivity contribution is 5.67. The van der Waals surface area contributed by atoms with Gasteiger partial charge in [-0.3, -0.25) is 0 Å². The van der Waals surface area contributed by atoms with E-state index in [2.05, 4.69) is 19.1 Å². The standard InChI is InChI=1S/C24H25F3/c1-2-3-4-15-5-11-19-17(13-15)8-12-20-21(19)14-22(26)23(24(20)27)16-6-9-18(25)10-7-16/h3-4,6-7,9-10,14-15,17,19H,2,5,8,11-13H2,1H3/b4-3+/t15-,17-,19+/m1/s1. The molecule has 0 amide bonds. The summed E-state index contributed by atoms with van der Waals surface area (Å²) in [5.41, 5.74) is 1.90. The van der Waals surface area contributed by atoms with Gasteiger partial charge in [0.2, 0.25) is 0 Å². The summed E-state index contributed by atoms with van der Waals surface area (Å²) in [4.78, 5) is 0. The van der Waals surface area contributed by atoms with Gasteiger partial charge in [0.15, 0.2) is 0 Å². The van der Waals surface area contributed by atoms with Crippen molar-refractivity contribution in [2.24, 2.45) is 11.8 Å². The third kappa shape index (κ3) is 3.44. The second-order valence-electron chi connectivity index (χ2n) is 7.94. The van der Waals surface area contributed by atoms with Gasteiger partial charge in [0.05, 0.1) is 5.56 Å². The van der Waals surface area contributed by atoms with Crippen molar-refractivity contribution in [3.8, 4) is 11.1 Å². The fraction of sp³-hybridized carbons (Fsp3) is 0.417. The molecular weight excluding hydrogens is 345 g/mol. The number of halogens is 3. The van der Waals surface area contributed by atoms with Gasteiger partial charge in [0.1, 0.15) is 17.5 Å². The summed E-state index contributed by atoms with van der Waals surface area (Å²) in [6.07, 6.45) is 10.4. The van der Waals surface area contributed by atoms with Crippen molar-refractivity contribution in [2.45, 2.75) is 51.4 Å². The van der Waals surface area contributed by atoms with Crippen LogP contribution in [0.4, 0.5) is 13.2 Å². The molecule has 4 rings (SSSR count). The smallest absolute Gasteiger partial charge is 0.137 e. The Hall–Kier alpha value is -2.03. The molecule has 27 heavy (non-hydrogen) atoms. The average molecular weight is 370 g/mol. The highest BCUT2D eigenvalue weighted by atomic mass is 19.1. The normalized spacial score (nSPS) is 24.7. The van der Waals surface area contributed by atoms with E-state index in [4.69, 9.17) is 0 Å². The van der Waals surface area contributed by atoms with Gasteiger partial charge in [-0.25, -0.2) is 13.2 Å². The van der Waals surface area contributed by atoms with E-state index in [9.17, 15) is 8.78 Å². The number of rotatable bonds is 3. The number of hydrogen-bond acceptors (Lipinski definition) is 0. The fourth-order valence-electron chi connectivity index (χ4n) is 5.01. The summed E-state index contributed by atoms with van der Waals surface area (Å²) in [6.45, 7) is 2.14. The van der Waals surface area contributed by atoms with Crippen LogP contribution in [0.15, 0.2) is 42.5 Å². The monoisotopic (exact) mass is 370 g/mol. The van der Waals surface area contributed by atoms with Crippen molar-refractivity contribution in [1.82, 2.24) is 0 Å². The SMILES string of the molecule is CC/C=C/[C@@H]1CC[C@@H]2c3cc(F)c(-c4ccc(F)cc4)c(F)c3CC[C@@H]2C1. The summed E-state index contributed by atoms with van der Waals surface area (Å²) in [5.74, 6) is -0.0377. The molecule has 2 aromatic carbocycles. The van der Waals surface area contributed by atoms with Crippen LogP contribution in [0.2, 0.25) is 0 Å². The molecule has 0 bridgehead atoms. The van der Waals surface area contributed by atoms with E-state index < -0.39 is 17.5 Å². The van der Waals surface area contributed by atoms with E-state index in [1.807, 2.05) is 0 Å². The van der Waals surface area contributed by atoms with Gasteiger partial charge in [0.25, 0.3) is 0 Å². The van der Waals surface area contributed by atoms with Crippen LogP contribution in [0.1, 0.15) is 56.1 Å². The molecule has 2 aliphatic rings. The first-order valence-electron chi connectivity index (χ1n) is 10.0. The van der Waals surface area contributed by atoms with E-state index in [1.165, 1.54) is 24.3 Å². The number of allylic oxidation sites excluding steroid dienone is 2. The molecule has 3 heteroatoms. The Labute approximate surface area is 159 Å². The van der Waals surface area contributed by atoms with Crippen molar-refractivity contribution < 1.29 is 13.2 Å². The lowest BCUT2D eigenvalue weighted by atomic mass is 9.65. The maximum atomic E-state index is 15.3. The first-order valence-corrected chi connectivity index (χ1v) is 10.0. The maximum absolute atomic E-state index is 15.3. The van der Waals surface area contributed by atoms with E-state index in [-0.39, 0.29) is 11.5 Å². The molecule has 0 aliphatic heterocycles. The fourth-order valence-corrected chi connectivity index (χ4v) is 5.01. The number of hydrogen-bond donors (Lipinski definition) is 0. The van der Waals surface area contributed by atoms with Gasteiger partial charge in [-0.2, -0.15) is 0 Å². The van der Waals surface area contributed by atoms with Gasteiger partial charge in [-0.15, -0.1) is 0 Å². The van der Waals surface area contributed by atoms with E-state index in [1.54, 1.807) is 6.07 Å². The van der Waals surface area contributed by atoms with Crippen molar-refractivity contribution in [3.63, 3.8) is 0 Å². The second-order valence-corrected chi connectivity index (χ2v) is 7.94. The molecule has 0 heterocycles. The van der Waals surface area contributed by atoms with Crippen LogP contribution >= 0.6 is 0 Å². The lowest BCUT2D eigenvalue weighted by Gasteiger charge is -2.40. The van der Waals surface area contributed by atoms with Gasteiger partial charge < -0.3 is 0 Å². The minimum atomic E-state index is -0.536. The molecule has 0 radical (unpaired) electrons. The predicted octanol–water partition coefficient (Wildman–Crippen LogP) is 7.18. The Bertz CT molecular complexity index is 851. The Balaban J connectivity index is 1.67. The third-order valence-corrected chi connectivity index (χ3v) is 6.32. The van der Waals surface area contributed by atoms with Crippen molar-refractivity contribution in [2.75, 3.05) is 0 Å². The molecule has 3 atom stereocenters. The first kappa shape index (κ1) is 18.3. The van der Waals surface area contributed by atoms with Gasteiger partial charge >= 0.3 is 0 Å². The van der Waals surface area contributed by atoms with E-state index in [0.29, 0.717) is 29.4 Å². The molecule has 0 unspecified atom stereocenters.